The molecule has 182 valence electrons. The number of ether oxygens (including phenoxy) is 1. The van der Waals surface area contributed by atoms with Gasteiger partial charge in [-0.3, -0.25) is 14.6 Å². The molecular weight excluding hydrogens is 456 g/mol. The molecule has 1 unspecified atom stereocenters. The van der Waals surface area contributed by atoms with E-state index in [0.29, 0.717) is 41.3 Å². The molecule has 36 heavy (non-hydrogen) atoms. The highest BCUT2D eigenvalue weighted by Crippen LogP contribution is 2.37. The molecule has 5 rings (SSSR count). The van der Waals surface area contributed by atoms with Crippen LogP contribution in [0.3, 0.4) is 0 Å². The van der Waals surface area contributed by atoms with E-state index in [0.717, 1.165) is 24.2 Å². The number of hydrogen-bond acceptors (Lipinski definition) is 6. The zero-order valence-corrected chi connectivity index (χ0v) is 19.9. The van der Waals surface area contributed by atoms with E-state index in [-0.39, 0.29) is 11.8 Å². The number of carbonyl (C=O) groups excluding carboxylic acids is 3. The third kappa shape index (κ3) is 4.63. The lowest BCUT2D eigenvalue weighted by Gasteiger charge is -2.27. The van der Waals surface area contributed by atoms with Crippen LogP contribution in [0.2, 0.25) is 0 Å². The molecule has 0 aliphatic carbocycles. The number of nitrogens with one attached hydrogen (secondary N) is 2. The number of anilines is 1. The Kier molecular flexibility index (Phi) is 6.60. The van der Waals surface area contributed by atoms with Crippen LogP contribution in [-0.4, -0.2) is 61.7 Å². The molecule has 0 radical (unpaired) electrons. The van der Waals surface area contributed by atoms with Crippen molar-refractivity contribution in [1.82, 2.24) is 10.2 Å². The van der Waals surface area contributed by atoms with Gasteiger partial charge in [0.05, 0.1) is 24.1 Å². The second kappa shape index (κ2) is 10.1. The summed E-state index contributed by atoms with van der Waals surface area (Å²) in [5, 5.41) is 6.13. The molecule has 2 amide bonds. The van der Waals surface area contributed by atoms with Gasteiger partial charge in [0.25, 0.3) is 5.91 Å². The maximum Gasteiger partial charge on any atom is 0.337 e. The van der Waals surface area contributed by atoms with Gasteiger partial charge in [0, 0.05) is 37.4 Å². The van der Waals surface area contributed by atoms with Gasteiger partial charge in [-0.1, -0.05) is 36.4 Å². The van der Waals surface area contributed by atoms with Crippen LogP contribution >= 0.6 is 0 Å². The predicted molar refractivity (Wildman–Crippen MR) is 137 cm³/mol. The molecule has 0 spiro atoms. The van der Waals surface area contributed by atoms with Crippen molar-refractivity contribution in [2.75, 3.05) is 38.6 Å². The van der Waals surface area contributed by atoms with Crippen molar-refractivity contribution in [3.05, 3.63) is 95.1 Å². The number of aliphatic imine (C=N–C) groups is 1. The fourth-order valence-corrected chi connectivity index (χ4v) is 4.55. The van der Waals surface area contributed by atoms with E-state index < -0.39 is 11.9 Å². The molecule has 3 aromatic rings. The third-order valence-electron chi connectivity index (χ3n) is 6.42. The number of methoxy groups -OCH3 is 1. The van der Waals surface area contributed by atoms with Crippen LogP contribution in [0.5, 0.6) is 0 Å². The topological polar surface area (TPSA) is 100 Å². The highest BCUT2D eigenvalue weighted by atomic mass is 16.5. The van der Waals surface area contributed by atoms with Crippen LogP contribution in [0.15, 0.2) is 77.8 Å². The second-order valence-corrected chi connectivity index (χ2v) is 8.67. The number of fused-ring (bicyclic) bond motifs is 1. The number of rotatable bonds is 5. The third-order valence-corrected chi connectivity index (χ3v) is 6.42. The molecule has 2 heterocycles. The number of amides is 2. The molecule has 1 saturated heterocycles. The first kappa shape index (κ1) is 23.4. The van der Waals surface area contributed by atoms with Crippen LogP contribution in [0.4, 0.5) is 11.4 Å². The number of esters is 1. The smallest absolute Gasteiger partial charge is 0.337 e. The fourth-order valence-electron chi connectivity index (χ4n) is 4.55. The van der Waals surface area contributed by atoms with Crippen molar-refractivity contribution in [3.8, 4) is 0 Å². The Bertz CT molecular complexity index is 1330. The van der Waals surface area contributed by atoms with E-state index in [4.69, 9.17) is 9.73 Å². The average Bonchev–Trinajstić information content (AvgIpc) is 3.26. The number of nitrogens with zero attached hydrogens (tertiary/aromatic N) is 2. The first-order valence-electron chi connectivity index (χ1n) is 11.8. The van der Waals surface area contributed by atoms with Gasteiger partial charge in [-0.05, 0) is 47.5 Å². The summed E-state index contributed by atoms with van der Waals surface area (Å²) >= 11 is 0. The summed E-state index contributed by atoms with van der Waals surface area (Å²) in [6.45, 7) is 2.96. The Hall–Kier alpha value is -4.30. The van der Waals surface area contributed by atoms with Gasteiger partial charge < -0.3 is 20.3 Å². The lowest BCUT2D eigenvalue weighted by Crippen LogP contribution is -2.46. The SMILES string of the molecule is COC(=O)c1ccc2c(c1)NC(=O)C2C(=Nc1ccc(C(=O)N2CCNCC2)cc1)c1ccccc1. The summed E-state index contributed by atoms with van der Waals surface area (Å²) in [4.78, 5) is 44.6. The monoisotopic (exact) mass is 482 g/mol. The van der Waals surface area contributed by atoms with E-state index >= 15 is 0 Å². The van der Waals surface area contributed by atoms with Gasteiger partial charge in [0.2, 0.25) is 5.91 Å². The Balaban J connectivity index is 1.50. The van der Waals surface area contributed by atoms with Crippen molar-refractivity contribution in [3.63, 3.8) is 0 Å². The van der Waals surface area contributed by atoms with Crippen molar-refractivity contribution in [2.45, 2.75) is 5.92 Å². The van der Waals surface area contributed by atoms with Crippen LogP contribution in [0.25, 0.3) is 0 Å². The normalized spacial score (nSPS) is 17.4. The molecule has 0 aromatic heterocycles. The minimum Gasteiger partial charge on any atom is -0.465 e. The Labute approximate surface area is 209 Å². The predicted octanol–water partition coefficient (Wildman–Crippen LogP) is 3.38. The van der Waals surface area contributed by atoms with Gasteiger partial charge in [0.1, 0.15) is 5.92 Å². The summed E-state index contributed by atoms with van der Waals surface area (Å²) in [5.41, 5.74) is 4.30. The Morgan fingerprint density at radius 1 is 0.917 bits per heavy atom. The van der Waals surface area contributed by atoms with Gasteiger partial charge in [-0.15, -0.1) is 0 Å². The van der Waals surface area contributed by atoms with Gasteiger partial charge in [-0.2, -0.15) is 0 Å². The largest absolute Gasteiger partial charge is 0.465 e. The van der Waals surface area contributed by atoms with Crippen molar-refractivity contribution >= 4 is 34.9 Å². The summed E-state index contributed by atoms with van der Waals surface area (Å²) < 4.78 is 4.81. The molecule has 0 bridgehead atoms. The number of hydrogen-bond donors (Lipinski definition) is 2. The van der Waals surface area contributed by atoms with Crippen molar-refractivity contribution < 1.29 is 19.1 Å². The molecule has 2 aliphatic heterocycles. The number of carbonyl (C=O) groups is 3. The van der Waals surface area contributed by atoms with Crippen LogP contribution < -0.4 is 10.6 Å². The molecule has 2 N–H and O–H groups in total. The number of benzene rings is 3. The van der Waals surface area contributed by atoms with Crippen LogP contribution in [-0.2, 0) is 9.53 Å². The average molecular weight is 483 g/mol. The minimum absolute atomic E-state index is 0.000760. The molecular formula is C28H26N4O4. The maximum absolute atomic E-state index is 13.1. The van der Waals surface area contributed by atoms with Crippen molar-refractivity contribution in [2.24, 2.45) is 4.99 Å². The first-order chi connectivity index (χ1) is 17.5. The Morgan fingerprint density at radius 3 is 2.31 bits per heavy atom. The van der Waals surface area contributed by atoms with E-state index in [1.54, 1.807) is 42.5 Å². The molecule has 8 heteroatoms. The van der Waals surface area contributed by atoms with Crippen molar-refractivity contribution in [1.29, 1.82) is 0 Å². The zero-order valence-electron chi connectivity index (χ0n) is 19.9. The highest BCUT2D eigenvalue weighted by molar-refractivity contribution is 6.24. The molecule has 0 saturated carbocycles. The minimum atomic E-state index is -0.656. The second-order valence-electron chi connectivity index (χ2n) is 8.67. The maximum atomic E-state index is 13.1. The van der Waals surface area contributed by atoms with E-state index in [2.05, 4.69) is 10.6 Å². The fraction of sp³-hybridized carbons (Fsp3) is 0.214. The Morgan fingerprint density at radius 2 is 1.61 bits per heavy atom. The highest BCUT2D eigenvalue weighted by Gasteiger charge is 2.36. The lowest BCUT2D eigenvalue weighted by atomic mass is 9.90. The number of piperazine rings is 1. The van der Waals surface area contributed by atoms with Gasteiger partial charge >= 0.3 is 5.97 Å². The molecule has 2 aliphatic rings. The standard InChI is InChI=1S/C28H26N4O4/c1-36-28(35)20-9-12-22-23(17-20)31-26(33)24(22)25(18-5-3-2-4-6-18)30-21-10-7-19(8-11-21)27(34)32-15-13-29-14-16-32/h2-12,17,24,29H,13-16H2,1H3,(H,31,33). The van der Waals surface area contributed by atoms with Gasteiger partial charge in [0.15, 0.2) is 0 Å². The summed E-state index contributed by atoms with van der Waals surface area (Å²) in [6.07, 6.45) is 0. The lowest BCUT2D eigenvalue weighted by molar-refractivity contribution is -0.115. The molecule has 3 aromatic carbocycles. The zero-order chi connectivity index (χ0) is 25.1. The summed E-state index contributed by atoms with van der Waals surface area (Å²) in [5.74, 6) is -1.35. The first-order valence-corrected chi connectivity index (χ1v) is 11.8. The van der Waals surface area contributed by atoms with E-state index in [9.17, 15) is 14.4 Å². The molecule has 8 nitrogen and oxygen atoms in total. The van der Waals surface area contributed by atoms with E-state index in [1.807, 2.05) is 35.2 Å². The van der Waals surface area contributed by atoms with Crippen LogP contribution in [0, 0.1) is 0 Å². The molecule has 1 atom stereocenters. The summed E-state index contributed by atoms with van der Waals surface area (Å²) in [7, 11) is 1.32. The summed E-state index contributed by atoms with van der Waals surface area (Å²) in [6, 6.07) is 21.7. The molecule has 1 fully saturated rings. The quantitative estimate of drug-likeness (QED) is 0.429. The van der Waals surface area contributed by atoms with E-state index in [1.165, 1.54) is 7.11 Å². The van der Waals surface area contributed by atoms with Gasteiger partial charge in [-0.25, -0.2) is 4.79 Å². The van der Waals surface area contributed by atoms with Crippen LogP contribution in [0.1, 0.15) is 37.8 Å².